The summed E-state index contributed by atoms with van der Waals surface area (Å²) in [6, 6.07) is 19.9. The number of carbonyl (C=O) groups is 2. The lowest BCUT2D eigenvalue weighted by molar-refractivity contribution is -0.384. The van der Waals surface area contributed by atoms with E-state index < -0.39 is 10.8 Å². The van der Waals surface area contributed by atoms with Crippen LogP contribution in [0.4, 0.5) is 11.4 Å². The molecule has 3 rings (SSSR count). The third-order valence-corrected chi connectivity index (χ3v) is 4.66. The van der Waals surface area contributed by atoms with Crippen LogP contribution in [0.3, 0.4) is 0 Å². The van der Waals surface area contributed by atoms with Crippen molar-refractivity contribution in [2.24, 2.45) is 0 Å². The monoisotopic (exact) mass is 423 g/mol. The van der Waals surface area contributed by atoms with Gasteiger partial charge in [-0.15, -0.1) is 0 Å². The molecule has 0 aromatic heterocycles. The minimum absolute atomic E-state index is 0.0507. The second-order valence-corrected chi connectivity index (χ2v) is 6.85. The number of anilines is 1. The number of halogens is 1. The van der Waals surface area contributed by atoms with Gasteiger partial charge in [-0.2, -0.15) is 0 Å². The lowest BCUT2D eigenvalue weighted by atomic mass is 10.1. The maximum absolute atomic E-state index is 12.3. The van der Waals surface area contributed by atoms with E-state index in [1.54, 1.807) is 30.3 Å². The van der Waals surface area contributed by atoms with Crippen molar-refractivity contribution in [1.29, 1.82) is 0 Å². The molecule has 0 bridgehead atoms. The second-order valence-electron chi connectivity index (χ2n) is 6.45. The second kappa shape index (κ2) is 9.67. The van der Waals surface area contributed by atoms with E-state index in [1.807, 2.05) is 24.3 Å². The number of hydrogen-bond donors (Lipinski definition) is 2. The van der Waals surface area contributed by atoms with E-state index in [2.05, 4.69) is 10.6 Å². The Balaban J connectivity index is 1.58. The SMILES string of the molecule is O=C(Nc1cccc(CCNC(=O)c2cc([N+](=O)[O-])ccc2Cl)c1)c1ccccc1. The summed E-state index contributed by atoms with van der Waals surface area (Å²) in [5.74, 6) is -0.696. The van der Waals surface area contributed by atoms with Gasteiger partial charge in [-0.1, -0.05) is 41.9 Å². The molecule has 0 aliphatic rings. The number of nitro groups is 1. The molecule has 0 saturated carbocycles. The van der Waals surface area contributed by atoms with Crippen molar-refractivity contribution in [3.8, 4) is 0 Å². The lowest BCUT2D eigenvalue weighted by Gasteiger charge is -2.09. The summed E-state index contributed by atoms with van der Waals surface area (Å²) >= 11 is 5.99. The molecule has 0 fully saturated rings. The fraction of sp³-hybridized carbons (Fsp3) is 0.0909. The fourth-order valence-corrected chi connectivity index (χ4v) is 3.02. The zero-order valence-electron chi connectivity index (χ0n) is 15.8. The molecule has 2 N–H and O–H groups in total. The number of carbonyl (C=O) groups excluding carboxylic acids is 2. The molecule has 7 nitrogen and oxygen atoms in total. The van der Waals surface area contributed by atoms with Crippen molar-refractivity contribution in [2.75, 3.05) is 11.9 Å². The zero-order valence-corrected chi connectivity index (χ0v) is 16.6. The molecule has 0 aliphatic carbocycles. The molecule has 0 aliphatic heterocycles. The van der Waals surface area contributed by atoms with Gasteiger partial charge in [-0.05, 0) is 42.3 Å². The van der Waals surface area contributed by atoms with Crippen LogP contribution >= 0.6 is 11.6 Å². The predicted molar refractivity (Wildman–Crippen MR) is 115 cm³/mol. The predicted octanol–water partition coefficient (Wildman–Crippen LogP) is 4.47. The first-order valence-electron chi connectivity index (χ1n) is 9.11. The molecule has 0 saturated heterocycles. The number of nitrogens with zero attached hydrogens (tertiary/aromatic N) is 1. The number of nitro benzene ring substituents is 1. The summed E-state index contributed by atoms with van der Waals surface area (Å²) in [7, 11) is 0. The zero-order chi connectivity index (χ0) is 21.5. The van der Waals surface area contributed by atoms with Crippen molar-refractivity contribution < 1.29 is 14.5 Å². The van der Waals surface area contributed by atoms with E-state index in [9.17, 15) is 19.7 Å². The maximum Gasteiger partial charge on any atom is 0.270 e. The van der Waals surface area contributed by atoms with Crippen LogP contribution in [0.1, 0.15) is 26.3 Å². The Bertz CT molecular complexity index is 1090. The van der Waals surface area contributed by atoms with Gasteiger partial charge in [0, 0.05) is 29.9 Å². The summed E-state index contributed by atoms with van der Waals surface area (Å²) in [5.41, 5.74) is 1.96. The van der Waals surface area contributed by atoms with Crippen LogP contribution in [0.15, 0.2) is 72.8 Å². The van der Waals surface area contributed by atoms with Crippen LogP contribution in [0.25, 0.3) is 0 Å². The minimum atomic E-state index is -0.581. The highest BCUT2D eigenvalue weighted by Gasteiger charge is 2.15. The average molecular weight is 424 g/mol. The molecule has 0 atom stereocenters. The minimum Gasteiger partial charge on any atom is -0.352 e. The van der Waals surface area contributed by atoms with Gasteiger partial charge in [-0.3, -0.25) is 19.7 Å². The van der Waals surface area contributed by atoms with Gasteiger partial charge >= 0.3 is 0 Å². The molecule has 0 radical (unpaired) electrons. The van der Waals surface area contributed by atoms with E-state index in [4.69, 9.17) is 11.6 Å². The molecule has 0 heterocycles. The first-order chi connectivity index (χ1) is 14.4. The Morgan fingerprint density at radius 2 is 1.70 bits per heavy atom. The first kappa shape index (κ1) is 21.0. The van der Waals surface area contributed by atoms with Crippen molar-refractivity contribution in [3.63, 3.8) is 0 Å². The van der Waals surface area contributed by atoms with Gasteiger partial charge in [0.25, 0.3) is 17.5 Å². The van der Waals surface area contributed by atoms with Crippen LogP contribution in [-0.2, 0) is 6.42 Å². The van der Waals surface area contributed by atoms with Crippen LogP contribution in [0, 0.1) is 10.1 Å². The smallest absolute Gasteiger partial charge is 0.270 e. The van der Waals surface area contributed by atoms with Crippen molar-refractivity contribution >= 4 is 34.8 Å². The van der Waals surface area contributed by atoms with E-state index in [-0.39, 0.29) is 22.2 Å². The van der Waals surface area contributed by atoms with E-state index >= 15 is 0 Å². The summed E-state index contributed by atoms with van der Waals surface area (Å²) in [5, 5.41) is 16.6. The van der Waals surface area contributed by atoms with Gasteiger partial charge < -0.3 is 10.6 Å². The summed E-state index contributed by atoms with van der Waals surface area (Å²) in [6.07, 6.45) is 0.507. The summed E-state index contributed by atoms with van der Waals surface area (Å²) in [6.45, 7) is 0.300. The maximum atomic E-state index is 12.3. The topological polar surface area (TPSA) is 101 Å². The molecule has 0 spiro atoms. The quantitative estimate of drug-likeness (QED) is 0.432. The number of rotatable bonds is 7. The van der Waals surface area contributed by atoms with Crippen LogP contribution in [0.5, 0.6) is 0 Å². The first-order valence-corrected chi connectivity index (χ1v) is 9.49. The molecular formula is C22H18ClN3O4. The van der Waals surface area contributed by atoms with Gasteiger partial charge in [0.1, 0.15) is 0 Å². The molecule has 8 heteroatoms. The Kier molecular flexibility index (Phi) is 6.77. The Morgan fingerprint density at radius 1 is 0.933 bits per heavy atom. The normalized spacial score (nSPS) is 10.3. The van der Waals surface area contributed by atoms with E-state index in [1.165, 1.54) is 12.1 Å². The van der Waals surface area contributed by atoms with Gasteiger partial charge in [0.2, 0.25) is 0 Å². The Labute approximate surface area is 177 Å². The highest BCUT2D eigenvalue weighted by Crippen LogP contribution is 2.22. The highest BCUT2D eigenvalue weighted by atomic mass is 35.5. The lowest BCUT2D eigenvalue weighted by Crippen LogP contribution is -2.26. The van der Waals surface area contributed by atoms with Gasteiger partial charge in [-0.25, -0.2) is 0 Å². The van der Waals surface area contributed by atoms with E-state index in [0.29, 0.717) is 24.2 Å². The summed E-state index contributed by atoms with van der Waals surface area (Å²) < 4.78 is 0. The van der Waals surface area contributed by atoms with Gasteiger partial charge in [0.15, 0.2) is 0 Å². The third kappa shape index (κ3) is 5.42. The highest BCUT2D eigenvalue weighted by molar-refractivity contribution is 6.33. The largest absolute Gasteiger partial charge is 0.352 e. The molecule has 0 unspecified atom stereocenters. The third-order valence-electron chi connectivity index (χ3n) is 4.33. The van der Waals surface area contributed by atoms with Crippen molar-refractivity contribution in [1.82, 2.24) is 5.32 Å². The van der Waals surface area contributed by atoms with Crippen molar-refractivity contribution in [2.45, 2.75) is 6.42 Å². The van der Waals surface area contributed by atoms with Crippen LogP contribution in [-0.4, -0.2) is 23.3 Å². The number of nitrogens with one attached hydrogen (secondary N) is 2. The van der Waals surface area contributed by atoms with Gasteiger partial charge in [0.05, 0.1) is 15.5 Å². The molecule has 30 heavy (non-hydrogen) atoms. The summed E-state index contributed by atoms with van der Waals surface area (Å²) in [4.78, 5) is 34.9. The number of non-ortho nitro benzene ring substituents is 1. The number of amides is 2. The van der Waals surface area contributed by atoms with Crippen LogP contribution in [0.2, 0.25) is 5.02 Å². The van der Waals surface area contributed by atoms with E-state index in [0.717, 1.165) is 11.6 Å². The molecule has 3 aromatic rings. The van der Waals surface area contributed by atoms with Crippen molar-refractivity contribution in [3.05, 3.63) is 105 Å². The number of hydrogen-bond acceptors (Lipinski definition) is 4. The molecular weight excluding hydrogens is 406 g/mol. The Morgan fingerprint density at radius 3 is 2.43 bits per heavy atom. The molecule has 152 valence electrons. The standard InChI is InChI=1S/C22H18ClN3O4/c23-20-10-9-18(26(29)30)14-19(20)22(28)24-12-11-15-5-4-8-17(13-15)25-21(27)16-6-2-1-3-7-16/h1-10,13-14H,11-12H2,(H,24,28)(H,25,27). The number of benzene rings is 3. The van der Waals surface area contributed by atoms with Crippen LogP contribution < -0.4 is 10.6 Å². The molecule has 3 aromatic carbocycles. The Hall–Kier alpha value is -3.71. The fourth-order valence-electron chi connectivity index (χ4n) is 2.81. The molecule has 2 amide bonds. The average Bonchev–Trinajstić information content (AvgIpc) is 2.74.